The molecule has 0 aliphatic heterocycles. The van der Waals surface area contributed by atoms with Crippen LogP contribution in [0.5, 0.6) is 0 Å². The van der Waals surface area contributed by atoms with E-state index in [0.29, 0.717) is 6.54 Å². The maximum atomic E-state index is 11.4. The average Bonchev–Trinajstić information content (AvgIpc) is 2.46. The van der Waals surface area contributed by atoms with Crippen LogP contribution in [0.4, 0.5) is 0 Å². The number of allylic oxidation sites excluding steroid dienone is 11. The molecule has 0 aromatic carbocycles. The van der Waals surface area contributed by atoms with E-state index in [4.69, 9.17) is 0 Å². The largest absolute Gasteiger partial charge is 0.353 e. The van der Waals surface area contributed by atoms with Crippen LogP contribution in [0.2, 0.25) is 0 Å². The molecular weight excluding hydrogens is 294 g/mol. The first kappa shape index (κ1) is 21.9. The van der Waals surface area contributed by atoms with E-state index in [9.17, 15) is 4.79 Å². The highest BCUT2D eigenvalue weighted by atomic mass is 16.1. The van der Waals surface area contributed by atoms with Gasteiger partial charge < -0.3 is 5.32 Å². The molecule has 0 fully saturated rings. The van der Waals surface area contributed by atoms with Crippen LogP contribution in [-0.2, 0) is 4.79 Å². The highest BCUT2D eigenvalue weighted by molar-refractivity contribution is 5.88. The van der Waals surface area contributed by atoms with E-state index >= 15 is 0 Å². The molecule has 0 aromatic heterocycles. The van der Waals surface area contributed by atoms with Gasteiger partial charge in [-0.15, -0.1) is 0 Å². The van der Waals surface area contributed by atoms with Crippen molar-refractivity contribution in [1.82, 2.24) is 5.32 Å². The zero-order valence-electron chi connectivity index (χ0n) is 16.1. The van der Waals surface area contributed by atoms with Crippen molar-refractivity contribution in [2.24, 2.45) is 0 Å². The monoisotopic (exact) mass is 327 g/mol. The normalized spacial score (nSPS) is 13.7. The van der Waals surface area contributed by atoms with Gasteiger partial charge in [-0.1, -0.05) is 59.3 Å². The van der Waals surface area contributed by atoms with Crippen molar-refractivity contribution in [2.75, 3.05) is 6.54 Å². The van der Waals surface area contributed by atoms with E-state index in [2.05, 4.69) is 57.3 Å². The Labute approximate surface area is 148 Å². The summed E-state index contributed by atoms with van der Waals surface area (Å²) in [6, 6.07) is 0. The van der Waals surface area contributed by atoms with Gasteiger partial charge in [0.25, 0.3) is 0 Å². The van der Waals surface area contributed by atoms with Gasteiger partial charge in [0.2, 0.25) is 5.91 Å². The zero-order valence-corrected chi connectivity index (χ0v) is 16.1. The number of likely N-dealkylation sites (N-methyl/N-ethyl adjacent to an activating group) is 1. The van der Waals surface area contributed by atoms with Gasteiger partial charge in [0, 0.05) is 12.6 Å². The number of hydrogen-bond donors (Lipinski definition) is 1. The molecule has 2 heteroatoms. The third-order valence-electron chi connectivity index (χ3n) is 3.26. The third kappa shape index (κ3) is 13.6. The molecule has 0 aromatic rings. The number of hydrogen-bond acceptors (Lipinski definition) is 1. The number of amides is 1. The Morgan fingerprint density at radius 1 is 0.917 bits per heavy atom. The van der Waals surface area contributed by atoms with E-state index in [1.165, 1.54) is 16.7 Å². The van der Waals surface area contributed by atoms with Crippen LogP contribution in [0.3, 0.4) is 0 Å². The maximum Gasteiger partial charge on any atom is 0.244 e. The predicted molar refractivity (Wildman–Crippen MR) is 107 cm³/mol. The molecule has 1 amide bonds. The van der Waals surface area contributed by atoms with E-state index in [0.717, 1.165) is 18.4 Å². The number of rotatable bonds is 9. The van der Waals surface area contributed by atoms with Gasteiger partial charge in [-0.25, -0.2) is 0 Å². The summed E-state index contributed by atoms with van der Waals surface area (Å²) in [7, 11) is 0. The zero-order chi connectivity index (χ0) is 18.4. The van der Waals surface area contributed by atoms with Crippen LogP contribution in [0.15, 0.2) is 70.9 Å². The second-order valence-electron chi connectivity index (χ2n) is 6.25. The molecule has 0 aliphatic rings. The maximum absolute atomic E-state index is 11.4. The fraction of sp³-hybridized carbons (Fsp3) is 0.409. The van der Waals surface area contributed by atoms with Gasteiger partial charge >= 0.3 is 0 Å². The van der Waals surface area contributed by atoms with Gasteiger partial charge in [0.1, 0.15) is 0 Å². The molecular formula is C22H33NO. The molecule has 24 heavy (non-hydrogen) atoms. The summed E-state index contributed by atoms with van der Waals surface area (Å²) in [4.78, 5) is 11.4. The molecule has 0 radical (unpaired) electrons. The SMILES string of the molecule is CCNC(=O)C=C(C)C=CC=C(C)C=CC=C(C)CCC=C(C)C. The smallest absolute Gasteiger partial charge is 0.244 e. The summed E-state index contributed by atoms with van der Waals surface area (Å²) in [5, 5.41) is 2.75. The summed E-state index contributed by atoms with van der Waals surface area (Å²) in [5.74, 6) is -0.0472. The fourth-order valence-electron chi connectivity index (χ4n) is 1.92. The molecule has 0 aliphatic carbocycles. The van der Waals surface area contributed by atoms with E-state index in [1.807, 2.05) is 32.1 Å². The van der Waals surface area contributed by atoms with Gasteiger partial charge in [-0.05, 0) is 60.0 Å². The number of nitrogens with one attached hydrogen (secondary N) is 1. The molecule has 1 N–H and O–H groups in total. The quantitative estimate of drug-likeness (QED) is 0.323. The van der Waals surface area contributed by atoms with Crippen LogP contribution < -0.4 is 5.32 Å². The Bertz CT molecular complexity index is 565. The van der Waals surface area contributed by atoms with Crippen molar-refractivity contribution in [3.05, 3.63) is 70.9 Å². The summed E-state index contributed by atoms with van der Waals surface area (Å²) < 4.78 is 0. The molecule has 0 saturated heterocycles. The van der Waals surface area contributed by atoms with Gasteiger partial charge in [-0.2, -0.15) is 0 Å². The average molecular weight is 328 g/mol. The summed E-state index contributed by atoms with van der Waals surface area (Å²) >= 11 is 0. The molecule has 0 saturated carbocycles. The molecule has 0 bridgehead atoms. The van der Waals surface area contributed by atoms with Crippen molar-refractivity contribution in [3.63, 3.8) is 0 Å². The van der Waals surface area contributed by atoms with Crippen LogP contribution in [0.1, 0.15) is 54.4 Å². The lowest BCUT2D eigenvalue weighted by Gasteiger charge is -1.97. The number of carbonyl (C=O) groups is 1. The highest BCUT2D eigenvalue weighted by Crippen LogP contribution is 2.07. The van der Waals surface area contributed by atoms with Crippen molar-refractivity contribution < 1.29 is 4.79 Å². The first-order valence-corrected chi connectivity index (χ1v) is 8.63. The molecule has 0 rings (SSSR count). The minimum Gasteiger partial charge on any atom is -0.353 e. The molecule has 0 unspecified atom stereocenters. The standard InChI is InChI=1S/C22H33NO/c1-7-23-22(24)17-21(6)16-10-15-20(5)14-9-13-19(4)12-8-11-18(2)3/h9-11,13-17H,7-8,12H2,1-6H3,(H,23,24). The van der Waals surface area contributed by atoms with Crippen molar-refractivity contribution >= 4 is 5.91 Å². The molecule has 132 valence electrons. The topological polar surface area (TPSA) is 29.1 Å². The number of carbonyl (C=O) groups excluding carboxylic acids is 1. The Morgan fingerprint density at radius 2 is 1.54 bits per heavy atom. The Hall–Kier alpha value is -2.09. The summed E-state index contributed by atoms with van der Waals surface area (Å²) in [6.45, 7) is 13.0. The van der Waals surface area contributed by atoms with Gasteiger partial charge in [-0.3, -0.25) is 4.79 Å². The van der Waals surface area contributed by atoms with Crippen molar-refractivity contribution in [3.8, 4) is 0 Å². The molecule has 2 nitrogen and oxygen atoms in total. The minimum atomic E-state index is -0.0472. The Balaban J connectivity index is 4.46. The Kier molecular flexibility index (Phi) is 12.2. The predicted octanol–water partition coefficient (Wildman–Crippen LogP) is 5.82. The minimum absolute atomic E-state index is 0.0472. The lowest BCUT2D eigenvalue weighted by molar-refractivity contribution is -0.116. The molecule has 0 atom stereocenters. The third-order valence-corrected chi connectivity index (χ3v) is 3.26. The van der Waals surface area contributed by atoms with Crippen LogP contribution >= 0.6 is 0 Å². The lowest BCUT2D eigenvalue weighted by atomic mass is 10.1. The lowest BCUT2D eigenvalue weighted by Crippen LogP contribution is -2.20. The summed E-state index contributed by atoms with van der Waals surface area (Å²) in [5.41, 5.74) is 4.86. The van der Waals surface area contributed by atoms with Crippen molar-refractivity contribution in [1.29, 1.82) is 0 Å². The molecule has 0 heterocycles. The fourth-order valence-corrected chi connectivity index (χ4v) is 1.92. The van der Waals surface area contributed by atoms with E-state index < -0.39 is 0 Å². The van der Waals surface area contributed by atoms with E-state index in [-0.39, 0.29) is 5.91 Å². The second kappa shape index (κ2) is 13.4. The Morgan fingerprint density at radius 3 is 2.17 bits per heavy atom. The van der Waals surface area contributed by atoms with Gasteiger partial charge in [0.15, 0.2) is 0 Å². The first-order chi connectivity index (χ1) is 11.3. The van der Waals surface area contributed by atoms with Crippen LogP contribution in [0.25, 0.3) is 0 Å². The summed E-state index contributed by atoms with van der Waals surface area (Å²) in [6.07, 6.45) is 18.4. The van der Waals surface area contributed by atoms with Crippen molar-refractivity contribution in [2.45, 2.75) is 54.4 Å². The second-order valence-corrected chi connectivity index (χ2v) is 6.25. The molecule has 0 spiro atoms. The highest BCUT2D eigenvalue weighted by Gasteiger charge is 1.92. The van der Waals surface area contributed by atoms with Crippen LogP contribution in [0, 0.1) is 0 Å². The first-order valence-electron chi connectivity index (χ1n) is 8.63. The van der Waals surface area contributed by atoms with E-state index in [1.54, 1.807) is 6.08 Å². The van der Waals surface area contributed by atoms with Gasteiger partial charge in [0.05, 0.1) is 0 Å². The van der Waals surface area contributed by atoms with Crippen LogP contribution in [-0.4, -0.2) is 12.5 Å².